The van der Waals surface area contributed by atoms with Gasteiger partial charge < -0.3 is 9.72 Å². The Morgan fingerprint density at radius 2 is 2.14 bits per heavy atom. The second-order valence-corrected chi connectivity index (χ2v) is 6.47. The molecule has 0 radical (unpaired) electrons. The summed E-state index contributed by atoms with van der Waals surface area (Å²) in [6.45, 7) is 5.77. The fourth-order valence-corrected chi connectivity index (χ4v) is 2.75. The van der Waals surface area contributed by atoms with Gasteiger partial charge in [0.15, 0.2) is 5.16 Å². The highest BCUT2D eigenvalue weighted by molar-refractivity contribution is 7.98. The predicted molar refractivity (Wildman–Crippen MR) is 91.4 cm³/mol. The molecule has 4 nitrogen and oxygen atoms in total. The zero-order valence-corrected chi connectivity index (χ0v) is 14.6. The molecule has 0 saturated heterocycles. The topological polar surface area (TPSA) is 55.0 Å². The van der Waals surface area contributed by atoms with Gasteiger partial charge in [-0.05, 0) is 45.2 Å². The molecule has 2 rings (SSSR count). The molecule has 1 aromatic heterocycles. The standard InChI is InChI=1S/C16H19ClN2O2S/c1-9(2)21-14-6-5-12(17)7-11(14)8-13-10(3)18-16(22-4)19-15(13)20/h5-7,9H,8H2,1-4H3,(H,18,19,20). The van der Waals surface area contributed by atoms with E-state index < -0.39 is 0 Å². The van der Waals surface area contributed by atoms with Crippen molar-refractivity contribution in [2.24, 2.45) is 0 Å². The van der Waals surface area contributed by atoms with E-state index in [2.05, 4.69) is 9.97 Å². The van der Waals surface area contributed by atoms with Crippen LogP contribution in [0.5, 0.6) is 5.75 Å². The average molecular weight is 339 g/mol. The van der Waals surface area contributed by atoms with Gasteiger partial charge in [-0.2, -0.15) is 0 Å². The maximum atomic E-state index is 12.3. The summed E-state index contributed by atoms with van der Waals surface area (Å²) in [4.78, 5) is 19.4. The van der Waals surface area contributed by atoms with Gasteiger partial charge in [-0.15, -0.1) is 0 Å². The van der Waals surface area contributed by atoms with Crippen LogP contribution in [-0.2, 0) is 6.42 Å². The summed E-state index contributed by atoms with van der Waals surface area (Å²) in [6.07, 6.45) is 2.37. The van der Waals surface area contributed by atoms with E-state index in [0.29, 0.717) is 22.2 Å². The molecule has 2 aromatic rings. The van der Waals surface area contributed by atoms with Crippen molar-refractivity contribution in [1.82, 2.24) is 9.97 Å². The zero-order valence-electron chi connectivity index (χ0n) is 13.1. The largest absolute Gasteiger partial charge is 0.491 e. The Morgan fingerprint density at radius 3 is 2.73 bits per heavy atom. The Bertz CT molecular complexity index is 729. The Kier molecular flexibility index (Phi) is 5.53. The lowest BCUT2D eigenvalue weighted by Gasteiger charge is -2.15. The number of halogens is 1. The molecule has 0 saturated carbocycles. The van der Waals surface area contributed by atoms with Crippen molar-refractivity contribution < 1.29 is 4.74 Å². The van der Waals surface area contributed by atoms with E-state index in [1.54, 1.807) is 6.07 Å². The van der Waals surface area contributed by atoms with Crippen LogP contribution in [-0.4, -0.2) is 22.3 Å². The molecular formula is C16H19ClN2O2S. The Hall–Kier alpha value is -1.46. The van der Waals surface area contributed by atoms with E-state index in [1.807, 2.05) is 39.2 Å². The van der Waals surface area contributed by atoms with E-state index in [4.69, 9.17) is 16.3 Å². The first-order valence-electron chi connectivity index (χ1n) is 6.99. The minimum atomic E-state index is -0.118. The number of H-pyrrole nitrogens is 1. The zero-order chi connectivity index (χ0) is 16.3. The number of nitrogens with zero attached hydrogens (tertiary/aromatic N) is 1. The number of benzene rings is 1. The molecule has 22 heavy (non-hydrogen) atoms. The van der Waals surface area contributed by atoms with E-state index in [9.17, 15) is 4.79 Å². The Balaban J connectivity index is 2.42. The third-order valence-electron chi connectivity index (χ3n) is 3.15. The van der Waals surface area contributed by atoms with Crippen molar-refractivity contribution >= 4 is 23.4 Å². The molecule has 0 aliphatic heterocycles. The quantitative estimate of drug-likeness (QED) is 0.665. The minimum absolute atomic E-state index is 0.0521. The minimum Gasteiger partial charge on any atom is -0.491 e. The summed E-state index contributed by atoms with van der Waals surface area (Å²) in [7, 11) is 0. The van der Waals surface area contributed by atoms with Crippen LogP contribution in [0.4, 0.5) is 0 Å². The number of ether oxygens (including phenoxy) is 1. The molecule has 1 heterocycles. The maximum absolute atomic E-state index is 12.3. The van der Waals surface area contributed by atoms with Gasteiger partial charge in [0.05, 0.1) is 6.10 Å². The van der Waals surface area contributed by atoms with Crippen molar-refractivity contribution in [3.8, 4) is 5.75 Å². The summed E-state index contributed by atoms with van der Waals surface area (Å²) >= 11 is 7.50. The lowest BCUT2D eigenvalue weighted by molar-refractivity contribution is 0.240. The van der Waals surface area contributed by atoms with Gasteiger partial charge in [-0.1, -0.05) is 23.4 Å². The molecular weight excluding hydrogens is 320 g/mol. The van der Waals surface area contributed by atoms with Crippen molar-refractivity contribution in [1.29, 1.82) is 0 Å². The van der Waals surface area contributed by atoms with E-state index in [-0.39, 0.29) is 11.7 Å². The lowest BCUT2D eigenvalue weighted by atomic mass is 10.0. The van der Waals surface area contributed by atoms with Crippen LogP contribution in [0.2, 0.25) is 5.02 Å². The Labute approximate surface area is 139 Å². The summed E-state index contributed by atoms with van der Waals surface area (Å²) in [5.74, 6) is 0.743. The van der Waals surface area contributed by atoms with Gasteiger partial charge in [0.25, 0.3) is 5.56 Å². The van der Waals surface area contributed by atoms with Crippen molar-refractivity contribution in [2.75, 3.05) is 6.26 Å². The normalized spacial score (nSPS) is 11.0. The first-order valence-corrected chi connectivity index (χ1v) is 8.60. The van der Waals surface area contributed by atoms with Gasteiger partial charge in [-0.3, -0.25) is 4.79 Å². The molecule has 6 heteroatoms. The summed E-state index contributed by atoms with van der Waals surface area (Å²) in [5, 5.41) is 1.24. The van der Waals surface area contributed by atoms with Crippen LogP contribution in [0.25, 0.3) is 0 Å². The molecule has 0 bridgehead atoms. The SMILES string of the molecule is CSc1nc(C)c(Cc2cc(Cl)ccc2OC(C)C)c(=O)[nH]1. The van der Waals surface area contributed by atoms with Crippen molar-refractivity contribution in [3.05, 3.63) is 50.4 Å². The lowest BCUT2D eigenvalue weighted by Crippen LogP contribution is -2.18. The average Bonchev–Trinajstić information content (AvgIpc) is 2.44. The Morgan fingerprint density at radius 1 is 1.41 bits per heavy atom. The van der Waals surface area contributed by atoms with Crippen molar-refractivity contribution in [2.45, 2.75) is 38.5 Å². The number of hydrogen-bond acceptors (Lipinski definition) is 4. The first kappa shape index (κ1) is 16.9. The number of aryl methyl sites for hydroxylation is 1. The molecule has 0 unspecified atom stereocenters. The van der Waals surface area contributed by atoms with Crippen LogP contribution >= 0.6 is 23.4 Å². The van der Waals surface area contributed by atoms with Gasteiger partial charge in [0.1, 0.15) is 5.75 Å². The van der Waals surface area contributed by atoms with Crippen LogP contribution < -0.4 is 10.3 Å². The highest BCUT2D eigenvalue weighted by atomic mass is 35.5. The highest BCUT2D eigenvalue weighted by Gasteiger charge is 2.13. The van der Waals surface area contributed by atoms with Crippen LogP contribution in [0.3, 0.4) is 0 Å². The first-order chi connectivity index (χ1) is 10.4. The van der Waals surface area contributed by atoms with Crippen LogP contribution in [0, 0.1) is 6.92 Å². The number of hydrogen-bond donors (Lipinski definition) is 1. The van der Waals surface area contributed by atoms with Gasteiger partial charge >= 0.3 is 0 Å². The van der Waals surface area contributed by atoms with Crippen LogP contribution in [0.15, 0.2) is 28.2 Å². The van der Waals surface area contributed by atoms with E-state index in [1.165, 1.54) is 11.8 Å². The number of nitrogens with one attached hydrogen (secondary N) is 1. The molecule has 1 N–H and O–H groups in total. The molecule has 118 valence electrons. The molecule has 0 amide bonds. The van der Waals surface area contributed by atoms with Gasteiger partial charge in [0, 0.05) is 28.3 Å². The monoisotopic (exact) mass is 338 g/mol. The van der Waals surface area contributed by atoms with Crippen molar-refractivity contribution in [3.63, 3.8) is 0 Å². The van der Waals surface area contributed by atoms with Gasteiger partial charge in [-0.25, -0.2) is 4.98 Å². The third-order valence-corrected chi connectivity index (χ3v) is 3.96. The summed E-state index contributed by atoms with van der Waals surface area (Å²) in [6, 6.07) is 5.46. The molecule has 0 fully saturated rings. The number of thioether (sulfide) groups is 1. The van der Waals surface area contributed by atoms with E-state index in [0.717, 1.165) is 17.0 Å². The van der Waals surface area contributed by atoms with Crippen LogP contribution in [0.1, 0.15) is 30.7 Å². The number of rotatable bonds is 5. The van der Waals surface area contributed by atoms with Gasteiger partial charge in [0.2, 0.25) is 0 Å². The van der Waals surface area contributed by atoms with E-state index >= 15 is 0 Å². The fourth-order valence-electron chi connectivity index (χ4n) is 2.14. The molecule has 0 aliphatic carbocycles. The third kappa shape index (κ3) is 4.05. The molecule has 0 spiro atoms. The highest BCUT2D eigenvalue weighted by Crippen LogP contribution is 2.26. The summed E-state index contributed by atoms with van der Waals surface area (Å²) < 4.78 is 5.80. The second kappa shape index (κ2) is 7.20. The number of aromatic amines is 1. The molecule has 0 aliphatic rings. The fraction of sp³-hybridized carbons (Fsp3) is 0.375. The second-order valence-electron chi connectivity index (χ2n) is 5.23. The summed E-state index contributed by atoms with van der Waals surface area (Å²) in [5.41, 5.74) is 2.12. The molecule has 1 aromatic carbocycles. The number of aromatic nitrogens is 2. The molecule has 0 atom stereocenters. The predicted octanol–water partition coefficient (Wildman–Crippen LogP) is 3.83. The smallest absolute Gasteiger partial charge is 0.255 e. The maximum Gasteiger partial charge on any atom is 0.255 e.